The lowest BCUT2D eigenvalue weighted by Crippen LogP contribution is -2.15. The fraction of sp³-hybridized carbons (Fsp3) is 0.400. The molecule has 1 aromatic carbocycles. The number of nitrogens with one attached hydrogen (secondary N) is 1. The smallest absolute Gasteiger partial charge is 0.259 e. The van der Waals surface area contributed by atoms with E-state index in [1.807, 2.05) is 24.3 Å². The van der Waals surface area contributed by atoms with Gasteiger partial charge in [0.05, 0.1) is 17.7 Å². The molecule has 4 nitrogen and oxygen atoms in total. The van der Waals surface area contributed by atoms with Crippen molar-refractivity contribution in [1.29, 1.82) is 0 Å². The molecule has 6 heteroatoms. The van der Waals surface area contributed by atoms with Gasteiger partial charge in [0.2, 0.25) is 0 Å². The van der Waals surface area contributed by atoms with Crippen LogP contribution in [0.2, 0.25) is 0 Å². The number of fused-ring (bicyclic) bond motifs is 3. The Hall–Kier alpha value is -1.79. The van der Waals surface area contributed by atoms with Gasteiger partial charge >= 0.3 is 0 Å². The van der Waals surface area contributed by atoms with Crippen molar-refractivity contribution in [2.45, 2.75) is 43.3 Å². The molecule has 4 rings (SSSR count). The van der Waals surface area contributed by atoms with Gasteiger partial charge in [0.25, 0.3) is 5.56 Å². The van der Waals surface area contributed by atoms with Crippen LogP contribution in [0.4, 0.5) is 0 Å². The van der Waals surface area contributed by atoms with Crippen LogP contribution in [0.15, 0.2) is 34.0 Å². The number of thioether (sulfide) groups is 1. The summed E-state index contributed by atoms with van der Waals surface area (Å²) in [6.07, 6.45) is 3.22. The van der Waals surface area contributed by atoms with Crippen LogP contribution >= 0.6 is 23.1 Å². The van der Waals surface area contributed by atoms with E-state index in [2.05, 4.69) is 18.8 Å². The Morgan fingerprint density at radius 3 is 2.85 bits per heavy atom. The first kappa shape index (κ1) is 17.6. The SMILES string of the molecule is COc1ccc(S[C@@H](C)c2nc3sc4c(c3c(=O)[nH]2)CC[C@H](C)C4)cc1. The minimum Gasteiger partial charge on any atom is -0.497 e. The third-order valence-corrected chi connectivity index (χ3v) is 7.21. The van der Waals surface area contributed by atoms with Gasteiger partial charge in [-0.25, -0.2) is 4.98 Å². The number of aromatic nitrogens is 2. The van der Waals surface area contributed by atoms with E-state index in [9.17, 15) is 4.79 Å². The van der Waals surface area contributed by atoms with Crippen molar-refractivity contribution in [1.82, 2.24) is 9.97 Å². The number of methoxy groups -OCH3 is 1. The molecule has 136 valence electrons. The van der Waals surface area contributed by atoms with Gasteiger partial charge < -0.3 is 9.72 Å². The highest BCUT2D eigenvalue weighted by Gasteiger charge is 2.23. The first-order valence-corrected chi connectivity index (χ1v) is 10.6. The van der Waals surface area contributed by atoms with E-state index in [0.29, 0.717) is 5.92 Å². The Morgan fingerprint density at radius 2 is 2.12 bits per heavy atom. The molecule has 0 saturated carbocycles. The van der Waals surface area contributed by atoms with Crippen molar-refractivity contribution in [2.75, 3.05) is 7.11 Å². The molecule has 0 fully saturated rings. The molecule has 0 amide bonds. The Kier molecular flexibility index (Phi) is 4.80. The quantitative estimate of drug-likeness (QED) is 0.643. The number of hydrogen-bond donors (Lipinski definition) is 1. The third-order valence-electron chi connectivity index (χ3n) is 4.94. The number of ether oxygens (including phenoxy) is 1. The summed E-state index contributed by atoms with van der Waals surface area (Å²) in [5.74, 6) is 2.28. The molecule has 0 saturated heterocycles. The second-order valence-electron chi connectivity index (χ2n) is 6.92. The Balaban J connectivity index is 1.65. The molecule has 2 heterocycles. The van der Waals surface area contributed by atoms with Crippen LogP contribution in [0.25, 0.3) is 10.2 Å². The first-order valence-electron chi connectivity index (χ1n) is 8.90. The summed E-state index contributed by atoms with van der Waals surface area (Å²) in [6, 6.07) is 7.95. The van der Waals surface area contributed by atoms with Crippen LogP contribution in [0, 0.1) is 5.92 Å². The summed E-state index contributed by atoms with van der Waals surface area (Å²) in [5.41, 5.74) is 1.25. The molecule has 0 aliphatic heterocycles. The molecular formula is C20H22N2O2S2. The molecular weight excluding hydrogens is 364 g/mol. The topological polar surface area (TPSA) is 55.0 Å². The number of rotatable bonds is 4. The molecule has 1 N–H and O–H groups in total. The summed E-state index contributed by atoms with van der Waals surface area (Å²) in [6.45, 7) is 4.36. The number of thiophene rings is 1. The van der Waals surface area contributed by atoms with E-state index in [-0.39, 0.29) is 10.8 Å². The van der Waals surface area contributed by atoms with Gasteiger partial charge in [0.1, 0.15) is 16.4 Å². The monoisotopic (exact) mass is 386 g/mol. The van der Waals surface area contributed by atoms with E-state index in [0.717, 1.165) is 45.9 Å². The van der Waals surface area contributed by atoms with Gasteiger partial charge in [-0.1, -0.05) is 6.92 Å². The molecule has 0 unspecified atom stereocenters. The van der Waals surface area contributed by atoms with Crippen molar-refractivity contribution in [2.24, 2.45) is 5.92 Å². The molecule has 1 aliphatic carbocycles. The van der Waals surface area contributed by atoms with Crippen LogP contribution in [0.5, 0.6) is 5.75 Å². The van der Waals surface area contributed by atoms with E-state index in [4.69, 9.17) is 9.72 Å². The predicted octanol–water partition coefficient (Wildman–Crippen LogP) is 4.97. The first-order chi connectivity index (χ1) is 12.5. The summed E-state index contributed by atoms with van der Waals surface area (Å²) in [5, 5.41) is 0.890. The summed E-state index contributed by atoms with van der Waals surface area (Å²) < 4.78 is 5.20. The lowest BCUT2D eigenvalue weighted by molar-refractivity contribution is 0.414. The number of nitrogens with zero attached hydrogens (tertiary/aromatic N) is 1. The number of H-pyrrole nitrogens is 1. The van der Waals surface area contributed by atoms with Crippen LogP contribution < -0.4 is 10.3 Å². The van der Waals surface area contributed by atoms with Gasteiger partial charge in [0.15, 0.2) is 0 Å². The number of benzene rings is 1. The summed E-state index contributed by atoms with van der Waals surface area (Å²) in [7, 11) is 1.66. The molecule has 26 heavy (non-hydrogen) atoms. The molecule has 2 aromatic heterocycles. The average molecular weight is 387 g/mol. The largest absolute Gasteiger partial charge is 0.497 e. The Morgan fingerprint density at radius 1 is 1.35 bits per heavy atom. The van der Waals surface area contributed by atoms with E-state index < -0.39 is 0 Å². The second kappa shape index (κ2) is 7.08. The highest BCUT2D eigenvalue weighted by atomic mass is 32.2. The fourth-order valence-corrected chi connectivity index (χ4v) is 5.79. The molecule has 0 bridgehead atoms. The summed E-state index contributed by atoms with van der Waals surface area (Å²) >= 11 is 3.39. The minimum absolute atomic E-state index is 0.0132. The van der Waals surface area contributed by atoms with E-state index in [1.165, 1.54) is 10.4 Å². The predicted molar refractivity (Wildman–Crippen MR) is 109 cm³/mol. The normalized spacial score (nSPS) is 17.9. The van der Waals surface area contributed by atoms with Crippen molar-refractivity contribution in [3.63, 3.8) is 0 Å². The van der Waals surface area contributed by atoms with Gasteiger partial charge in [-0.2, -0.15) is 0 Å². The highest BCUT2D eigenvalue weighted by molar-refractivity contribution is 7.99. The molecule has 0 spiro atoms. The van der Waals surface area contributed by atoms with Gasteiger partial charge in [-0.05, 0) is 61.9 Å². The minimum atomic E-state index is 0.0132. The number of aryl methyl sites for hydroxylation is 1. The van der Waals surface area contributed by atoms with Crippen LogP contribution in [-0.2, 0) is 12.8 Å². The maximum absolute atomic E-state index is 12.7. The standard InChI is InChI=1S/C20H22N2O2S2/c1-11-4-9-15-16(10-11)26-20-17(15)19(23)21-18(22-20)12(2)25-14-7-5-13(24-3)6-8-14/h5-8,11-12H,4,9-10H2,1-3H3,(H,21,22,23)/t11-,12-/m0/s1. The molecule has 0 radical (unpaired) electrons. The van der Waals surface area contributed by atoms with E-state index >= 15 is 0 Å². The lowest BCUT2D eigenvalue weighted by Gasteiger charge is -2.17. The van der Waals surface area contributed by atoms with Gasteiger partial charge in [0, 0.05) is 9.77 Å². The van der Waals surface area contributed by atoms with Crippen LogP contribution in [0.1, 0.15) is 41.8 Å². The second-order valence-corrected chi connectivity index (χ2v) is 9.42. The van der Waals surface area contributed by atoms with Crippen molar-refractivity contribution < 1.29 is 4.74 Å². The average Bonchev–Trinajstić information content (AvgIpc) is 3.00. The molecule has 3 aromatic rings. The summed E-state index contributed by atoms with van der Waals surface area (Å²) in [4.78, 5) is 24.0. The number of aromatic amines is 1. The Labute approximate surface area is 161 Å². The highest BCUT2D eigenvalue weighted by Crippen LogP contribution is 2.38. The number of hydrogen-bond acceptors (Lipinski definition) is 5. The van der Waals surface area contributed by atoms with Gasteiger partial charge in [-0.15, -0.1) is 23.1 Å². The van der Waals surface area contributed by atoms with Crippen LogP contribution in [-0.4, -0.2) is 17.1 Å². The zero-order valence-electron chi connectivity index (χ0n) is 15.2. The zero-order valence-corrected chi connectivity index (χ0v) is 16.8. The van der Waals surface area contributed by atoms with Crippen molar-refractivity contribution >= 4 is 33.3 Å². The van der Waals surface area contributed by atoms with Crippen molar-refractivity contribution in [3.05, 3.63) is 50.9 Å². The van der Waals surface area contributed by atoms with Crippen molar-refractivity contribution in [3.8, 4) is 5.75 Å². The third kappa shape index (κ3) is 3.28. The lowest BCUT2D eigenvalue weighted by atomic mass is 9.89. The fourth-order valence-electron chi connectivity index (χ4n) is 3.47. The Bertz CT molecular complexity index is 991. The van der Waals surface area contributed by atoms with Gasteiger partial charge in [-0.3, -0.25) is 4.79 Å². The molecule has 1 aliphatic rings. The van der Waals surface area contributed by atoms with E-state index in [1.54, 1.807) is 30.2 Å². The molecule has 2 atom stereocenters. The zero-order chi connectivity index (χ0) is 18.3. The maximum Gasteiger partial charge on any atom is 0.259 e. The maximum atomic E-state index is 12.7. The van der Waals surface area contributed by atoms with Crippen LogP contribution in [0.3, 0.4) is 0 Å².